The van der Waals surface area contributed by atoms with Crippen molar-refractivity contribution in [1.29, 1.82) is 0 Å². The van der Waals surface area contributed by atoms with Crippen LogP contribution in [0.4, 0.5) is 16.0 Å². The Kier molecular flexibility index (Phi) is 6.20. The van der Waals surface area contributed by atoms with Gasteiger partial charge in [-0.2, -0.15) is 0 Å². The van der Waals surface area contributed by atoms with Gasteiger partial charge in [0.05, 0.1) is 24.3 Å². The summed E-state index contributed by atoms with van der Waals surface area (Å²) in [5.41, 5.74) is 3.08. The second kappa shape index (κ2) is 9.97. The Morgan fingerprint density at radius 2 is 1.69 bits per heavy atom. The number of imidazole rings is 1. The molecular formula is C29H23FN6O3. The van der Waals surface area contributed by atoms with Crippen molar-refractivity contribution in [3.8, 4) is 22.8 Å². The summed E-state index contributed by atoms with van der Waals surface area (Å²) < 4.78 is 21.0. The van der Waals surface area contributed by atoms with Crippen LogP contribution in [-0.4, -0.2) is 31.2 Å². The molecule has 4 aromatic heterocycles. The average Bonchev–Trinajstić information content (AvgIpc) is 3.71. The molecule has 0 saturated heterocycles. The first-order chi connectivity index (χ1) is 18.9. The maximum atomic E-state index is 13.3. The molecule has 2 amide bonds. The van der Waals surface area contributed by atoms with Crippen LogP contribution in [-0.2, 0) is 4.79 Å². The highest BCUT2D eigenvalue weighted by Crippen LogP contribution is 2.30. The van der Waals surface area contributed by atoms with Crippen LogP contribution in [0, 0.1) is 18.7 Å². The minimum atomic E-state index is -0.422. The van der Waals surface area contributed by atoms with Crippen LogP contribution in [0.15, 0.2) is 79.3 Å². The number of hydrogen-bond acceptors (Lipinski definition) is 6. The van der Waals surface area contributed by atoms with Crippen molar-refractivity contribution in [2.45, 2.75) is 19.8 Å². The third-order valence-corrected chi connectivity index (χ3v) is 6.28. The molecule has 0 spiro atoms. The van der Waals surface area contributed by atoms with Crippen molar-refractivity contribution >= 4 is 29.1 Å². The molecule has 1 aliphatic carbocycles. The van der Waals surface area contributed by atoms with Crippen molar-refractivity contribution in [3.63, 3.8) is 0 Å². The van der Waals surface area contributed by atoms with Crippen LogP contribution >= 0.6 is 0 Å². The molecule has 4 heterocycles. The summed E-state index contributed by atoms with van der Waals surface area (Å²) in [6, 6.07) is 16.3. The maximum Gasteiger partial charge on any atom is 0.275 e. The SMILES string of the molecule is Cc1ccc(C(=O)Nc2ccc(Oc3ccc4nc(NC(=O)C5CC5)cn4c3)cn2)nc1-c1ccc(F)cc1. The monoisotopic (exact) mass is 522 g/mol. The third-order valence-electron chi connectivity index (χ3n) is 6.28. The molecule has 39 heavy (non-hydrogen) atoms. The lowest BCUT2D eigenvalue weighted by atomic mass is 10.1. The Morgan fingerprint density at radius 3 is 2.44 bits per heavy atom. The van der Waals surface area contributed by atoms with Gasteiger partial charge >= 0.3 is 0 Å². The Balaban J connectivity index is 1.11. The minimum absolute atomic E-state index is 0.000358. The number of ether oxygens (including phenoxy) is 1. The first-order valence-electron chi connectivity index (χ1n) is 12.4. The zero-order valence-corrected chi connectivity index (χ0v) is 20.9. The van der Waals surface area contributed by atoms with Crippen molar-refractivity contribution in [1.82, 2.24) is 19.4 Å². The second-order valence-corrected chi connectivity index (χ2v) is 9.32. The van der Waals surface area contributed by atoms with Gasteiger partial charge in [-0.1, -0.05) is 6.07 Å². The zero-order valence-electron chi connectivity index (χ0n) is 20.9. The van der Waals surface area contributed by atoms with Gasteiger partial charge in [0.2, 0.25) is 5.91 Å². The molecular weight excluding hydrogens is 499 g/mol. The van der Waals surface area contributed by atoms with Crippen LogP contribution in [0.2, 0.25) is 0 Å². The van der Waals surface area contributed by atoms with Crippen molar-refractivity contribution < 1.29 is 18.7 Å². The lowest BCUT2D eigenvalue weighted by Crippen LogP contribution is -2.15. The molecule has 0 radical (unpaired) electrons. The summed E-state index contributed by atoms with van der Waals surface area (Å²) in [6.45, 7) is 1.88. The van der Waals surface area contributed by atoms with Gasteiger partial charge in [0.25, 0.3) is 5.91 Å². The normalized spacial score (nSPS) is 12.8. The number of benzene rings is 1. The van der Waals surface area contributed by atoms with E-state index in [9.17, 15) is 14.0 Å². The van der Waals surface area contributed by atoms with Crippen LogP contribution in [0.3, 0.4) is 0 Å². The highest BCUT2D eigenvalue weighted by Gasteiger charge is 2.30. The quantitative estimate of drug-likeness (QED) is 0.287. The number of aryl methyl sites for hydroxylation is 1. The number of carbonyl (C=O) groups excluding carboxylic acids is 2. The molecule has 0 unspecified atom stereocenters. The number of nitrogens with zero attached hydrogens (tertiary/aromatic N) is 4. The van der Waals surface area contributed by atoms with Gasteiger partial charge in [0.15, 0.2) is 5.82 Å². The number of halogens is 1. The lowest BCUT2D eigenvalue weighted by molar-refractivity contribution is -0.117. The molecule has 1 saturated carbocycles. The molecule has 1 aliphatic rings. The van der Waals surface area contributed by atoms with E-state index in [0.29, 0.717) is 34.5 Å². The van der Waals surface area contributed by atoms with E-state index >= 15 is 0 Å². The molecule has 10 heteroatoms. The van der Waals surface area contributed by atoms with Crippen molar-refractivity contribution in [3.05, 3.63) is 96.3 Å². The van der Waals surface area contributed by atoms with Crippen LogP contribution in [0.25, 0.3) is 16.9 Å². The fourth-order valence-corrected chi connectivity index (χ4v) is 4.05. The number of pyridine rings is 3. The first kappa shape index (κ1) is 24.2. The van der Waals surface area contributed by atoms with Crippen molar-refractivity contribution in [2.75, 3.05) is 10.6 Å². The van der Waals surface area contributed by atoms with E-state index in [2.05, 4.69) is 25.6 Å². The molecule has 9 nitrogen and oxygen atoms in total. The number of carbonyl (C=O) groups is 2. The fourth-order valence-electron chi connectivity index (χ4n) is 4.05. The topological polar surface area (TPSA) is 111 Å². The lowest BCUT2D eigenvalue weighted by Gasteiger charge is -2.10. The predicted molar refractivity (Wildman–Crippen MR) is 143 cm³/mol. The molecule has 0 atom stereocenters. The van der Waals surface area contributed by atoms with Gasteiger partial charge in [-0.05, 0) is 79.9 Å². The van der Waals surface area contributed by atoms with E-state index in [1.807, 2.05) is 6.92 Å². The van der Waals surface area contributed by atoms with E-state index in [0.717, 1.165) is 24.0 Å². The molecule has 5 aromatic rings. The Bertz CT molecular complexity index is 1700. The number of anilines is 2. The van der Waals surface area contributed by atoms with Crippen LogP contribution in [0.1, 0.15) is 28.9 Å². The molecule has 194 valence electrons. The molecule has 2 N–H and O–H groups in total. The standard InChI is InChI=1S/C29H23FN6O3/c1-17-2-11-23(32-27(17)18-5-7-20(30)8-6-18)29(38)34-24-12-9-21(14-31-24)39-22-10-13-26-33-25(16-36(26)15-22)35-28(37)19-3-4-19/h2,5-16,19H,3-4H2,1H3,(H,35,37)(H,31,34,38). The van der Waals surface area contributed by atoms with Gasteiger partial charge in [0, 0.05) is 11.5 Å². The van der Waals surface area contributed by atoms with E-state index in [1.54, 1.807) is 65.3 Å². The van der Waals surface area contributed by atoms with Crippen LogP contribution < -0.4 is 15.4 Å². The summed E-state index contributed by atoms with van der Waals surface area (Å²) >= 11 is 0. The molecule has 0 aliphatic heterocycles. The fraction of sp³-hybridized carbons (Fsp3) is 0.138. The van der Waals surface area contributed by atoms with E-state index in [-0.39, 0.29) is 23.3 Å². The zero-order chi connectivity index (χ0) is 26.9. The third kappa shape index (κ3) is 5.45. The van der Waals surface area contributed by atoms with Gasteiger partial charge < -0.3 is 19.8 Å². The largest absolute Gasteiger partial charge is 0.454 e. The first-order valence-corrected chi connectivity index (χ1v) is 12.4. The molecule has 1 fully saturated rings. The van der Waals surface area contributed by atoms with E-state index in [1.165, 1.54) is 18.3 Å². The number of nitrogens with one attached hydrogen (secondary N) is 2. The number of aromatic nitrogens is 4. The van der Waals surface area contributed by atoms with Crippen molar-refractivity contribution in [2.24, 2.45) is 5.92 Å². The number of hydrogen-bond donors (Lipinski definition) is 2. The highest BCUT2D eigenvalue weighted by molar-refractivity contribution is 6.02. The summed E-state index contributed by atoms with van der Waals surface area (Å²) in [5, 5.41) is 5.57. The van der Waals surface area contributed by atoms with Gasteiger partial charge in [-0.25, -0.2) is 19.3 Å². The Morgan fingerprint density at radius 1 is 0.897 bits per heavy atom. The van der Waals surface area contributed by atoms with E-state index in [4.69, 9.17) is 4.74 Å². The number of amides is 2. The van der Waals surface area contributed by atoms with Gasteiger partial charge in [-0.3, -0.25) is 9.59 Å². The number of rotatable bonds is 7. The summed E-state index contributed by atoms with van der Waals surface area (Å²) in [4.78, 5) is 38.0. The molecule has 1 aromatic carbocycles. The Hall–Kier alpha value is -5.12. The Labute approximate surface area is 222 Å². The minimum Gasteiger partial charge on any atom is -0.454 e. The summed E-state index contributed by atoms with van der Waals surface area (Å²) in [6.07, 6.45) is 6.85. The highest BCUT2D eigenvalue weighted by atomic mass is 19.1. The predicted octanol–water partition coefficient (Wildman–Crippen LogP) is 5.63. The van der Waals surface area contributed by atoms with E-state index < -0.39 is 5.91 Å². The smallest absolute Gasteiger partial charge is 0.275 e. The molecule has 6 rings (SSSR count). The van der Waals surface area contributed by atoms with Gasteiger partial charge in [-0.15, -0.1) is 0 Å². The number of fused-ring (bicyclic) bond motifs is 1. The second-order valence-electron chi connectivity index (χ2n) is 9.32. The van der Waals surface area contributed by atoms with Gasteiger partial charge in [0.1, 0.15) is 34.5 Å². The molecule has 0 bridgehead atoms. The summed E-state index contributed by atoms with van der Waals surface area (Å²) in [7, 11) is 0. The maximum absolute atomic E-state index is 13.3. The summed E-state index contributed by atoms with van der Waals surface area (Å²) in [5.74, 6) is 1.19. The van der Waals surface area contributed by atoms with Crippen LogP contribution in [0.5, 0.6) is 11.5 Å². The average molecular weight is 523 g/mol.